The fourth-order valence-electron chi connectivity index (χ4n) is 2.98. The highest BCUT2D eigenvalue weighted by molar-refractivity contribution is 6.21. The number of hydrogen-bond donors (Lipinski definition) is 1. The molecule has 0 aliphatic heterocycles. The van der Waals surface area contributed by atoms with Gasteiger partial charge in [0.1, 0.15) is 0 Å². The number of alkyl halides is 1. The molecule has 0 bridgehead atoms. The molecule has 1 nitrogen and oxygen atoms in total. The van der Waals surface area contributed by atoms with Gasteiger partial charge in [-0.25, -0.2) is 0 Å². The Hall–Kier alpha value is -1.47. The number of nitrogens with one attached hydrogen (secondary N) is 1. The van der Waals surface area contributed by atoms with Crippen molar-refractivity contribution in [1.29, 1.82) is 0 Å². The molecule has 2 aromatic carbocycles. The van der Waals surface area contributed by atoms with Crippen molar-refractivity contribution in [3.8, 4) is 0 Å². The van der Waals surface area contributed by atoms with Gasteiger partial charge in [0.15, 0.2) is 0 Å². The zero-order valence-electron chi connectivity index (χ0n) is 12.5. The van der Waals surface area contributed by atoms with E-state index in [2.05, 4.69) is 54.4 Å². The highest BCUT2D eigenvalue weighted by atomic mass is 35.5. The monoisotopic (exact) mass is 299 g/mol. The largest absolute Gasteiger partial charge is 0.355 e. The zero-order valence-corrected chi connectivity index (χ0v) is 13.3. The Morgan fingerprint density at radius 3 is 2.62 bits per heavy atom. The van der Waals surface area contributed by atoms with Gasteiger partial charge < -0.3 is 4.98 Å². The summed E-state index contributed by atoms with van der Waals surface area (Å²) in [4.78, 5) is 3.46. The molecule has 0 aliphatic rings. The fourth-order valence-corrected chi connectivity index (χ4v) is 3.27. The topological polar surface area (TPSA) is 15.8 Å². The number of unbranched alkanes of at least 4 members (excludes halogenated alkanes) is 3. The zero-order chi connectivity index (χ0) is 14.7. The second-order valence-electron chi connectivity index (χ2n) is 5.79. The quantitative estimate of drug-likeness (QED) is 0.391. The van der Waals surface area contributed by atoms with Crippen LogP contribution in [0.4, 0.5) is 0 Å². The SMILES string of the molecule is CCCCCCC(Cl)c1ccc2[nH]c3ccccc3c2c1. The fraction of sp³-hybridized carbons (Fsp3) is 0.368. The van der Waals surface area contributed by atoms with Crippen molar-refractivity contribution in [3.05, 3.63) is 48.0 Å². The predicted octanol–water partition coefficient (Wildman–Crippen LogP) is 6.57. The van der Waals surface area contributed by atoms with Crippen LogP contribution in [0.3, 0.4) is 0 Å². The second-order valence-corrected chi connectivity index (χ2v) is 6.32. The maximum absolute atomic E-state index is 6.59. The Morgan fingerprint density at radius 2 is 1.76 bits per heavy atom. The molecular weight excluding hydrogens is 278 g/mol. The Kier molecular flexibility index (Phi) is 4.50. The molecule has 1 heterocycles. The molecule has 0 aliphatic carbocycles. The summed E-state index contributed by atoms with van der Waals surface area (Å²) in [6.45, 7) is 2.24. The number of aromatic amines is 1. The predicted molar refractivity (Wildman–Crippen MR) is 93.2 cm³/mol. The number of hydrogen-bond acceptors (Lipinski definition) is 0. The van der Waals surface area contributed by atoms with Gasteiger partial charge in [0.05, 0.1) is 5.38 Å². The maximum atomic E-state index is 6.59. The molecule has 3 aromatic rings. The minimum absolute atomic E-state index is 0.125. The second kappa shape index (κ2) is 6.53. The van der Waals surface area contributed by atoms with E-state index in [1.54, 1.807) is 0 Å². The number of para-hydroxylation sites is 1. The van der Waals surface area contributed by atoms with Gasteiger partial charge in [-0.3, -0.25) is 0 Å². The summed E-state index contributed by atoms with van der Waals surface area (Å²) in [7, 11) is 0. The summed E-state index contributed by atoms with van der Waals surface area (Å²) in [5, 5.41) is 2.69. The molecule has 1 unspecified atom stereocenters. The van der Waals surface area contributed by atoms with Crippen molar-refractivity contribution in [2.75, 3.05) is 0 Å². The summed E-state index contributed by atoms with van der Waals surface area (Å²) in [5.41, 5.74) is 3.62. The Balaban J connectivity index is 1.84. The first-order valence-corrected chi connectivity index (χ1v) is 8.37. The van der Waals surface area contributed by atoms with Gasteiger partial charge in [-0.15, -0.1) is 11.6 Å². The number of benzene rings is 2. The van der Waals surface area contributed by atoms with Gasteiger partial charge in [-0.05, 0) is 30.2 Å². The van der Waals surface area contributed by atoms with Crippen LogP contribution in [0.25, 0.3) is 21.8 Å². The lowest BCUT2D eigenvalue weighted by atomic mass is 10.0. The van der Waals surface area contributed by atoms with E-state index in [0.29, 0.717) is 0 Å². The van der Waals surface area contributed by atoms with Crippen molar-refractivity contribution >= 4 is 33.4 Å². The van der Waals surface area contributed by atoms with Gasteiger partial charge in [0.25, 0.3) is 0 Å². The number of fused-ring (bicyclic) bond motifs is 3. The highest BCUT2D eigenvalue weighted by Gasteiger charge is 2.10. The van der Waals surface area contributed by atoms with E-state index in [1.165, 1.54) is 53.1 Å². The van der Waals surface area contributed by atoms with E-state index in [4.69, 9.17) is 11.6 Å². The summed E-state index contributed by atoms with van der Waals surface area (Å²) >= 11 is 6.59. The molecular formula is C19H22ClN. The third-order valence-corrected chi connectivity index (χ3v) is 4.67. The number of rotatable bonds is 6. The van der Waals surface area contributed by atoms with Crippen LogP contribution in [0.15, 0.2) is 42.5 Å². The van der Waals surface area contributed by atoms with Crippen LogP contribution >= 0.6 is 11.6 Å². The minimum atomic E-state index is 0.125. The minimum Gasteiger partial charge on any atom is -0.355 e. The van der Waals surface area contributed by atoms with Crippen molar-refractivity contribution in [1.82, 2.24) is 4.98 Å². The number of H-pyrrole nitrogens is 1. The van der Waals surface area contributed by atoms with E-state index < -0.39 is 0 Å². The third kappa shape index (κ3) is 3.08. The molecule has 21 heavy (non-hydrogen) atoms. The molecule has 2 heteroatoms. The standard InChI is InChI=1S/C19H22ClN/c1-2-3-4-5-9-17(20)14-11-12-19-16(13-14)15-8-6-7-10-18(15)21-19/h6-8,10-13,17,21H,2-5,9H2,1H3. The molecule has 0 spiro atoms. The Morgan fingerprint density at radius 1 is 0.952 bits per heavy atom. The first kappa shape index (κ1) is 14.5. The van der Waals surface area contributed by atoms with E-state index in [9.17, 15) is 0 Å². The number of halogens is 1. The first-order chi connectivity index (χ1) is 10.3. The van der Waals surface area contributed by atoms with Gasteiger partial charge in [0.2, 0.25) is 0 Å². The average Bonchev–Trinajstić information content (AvgIpc) is 2.89. The molecule has 110 valence electrons. The average molecular weight is 300 g/mol. The molecule has 1 N–H and O–H groups in total. The van der Waals surface area contributed by atoms with Crippen LogP contribution in [0.2, 0.25) is 0 Å². The normalized spacial score (nSPS) is 13.0. The van der Waals surface area contributed by atoms with E-state index >= 15 is 0 Å². The lowest BCUT2D eigenvalue weighted by Gasteiger charge is -2.10. The van der Waals surface area contributed by atoms with Crippen LogP contribution in [-0.4, -0.2) is 4.98 Å². The van der Waals surface area contributed by atoms with Gasteiger partial charge in [0, 0.05) is 21.8 Å². The van der Waals surface area contributed by atoms with Gasteiger partial charge in [-0.1, -0.05) is 56.9 Å². The van der Waals surface area contributed by atoms with Crippen molar-refractivity contribution < 1.29 is 0 Å². The molecule has 0 fully saturated rings. The van der Waals surface area contributed by atoms with E-state index in [-0.39, 0.29) is 5.38 Å². The molecule has 1 atom stereocenters. The van der Waals surface area contributed by atoms with Gasteiger partial charge >= 0.3 is 0 Å². The van der Waals surface area contributed by atoms with Crippen molar-refractivity contribution in [3.63, 3.8) is 0 Å². The summed E-state index contributed by atoms with van der Waals surface area (Å²) in [6.07, 6.45) is 6.15. The summed E-state index contributed by atoms with van der Waals surface area (Å²) in [6, 6.07) is 15.0. The lowest BCUT2D eigenvalue weighted by molar-refractivity contribution is 0.624. The highest BCUT2D eigenvalue weighted by Crippen LogP contribution is 2.32. The molecule has 0 saturated heterocycles. The van der Waals surface area contributed by atoms with Crippen LogP contribution < -0.4 is 0 Å². The van der Waals surface area contributed by atoms with Crippen LogP contribution in [-0.2, 0) is 0 Å². The van der Waals surface area contributed by atoms with Crippen LogP contribution in [0, 0.1) is 0 Å². The smallest absolute Gasteiger partial charge is 0.0585 e. The molecule has 0 saturated carbocycles. The molecule has 1 aromatic heterocycles. The third-order valence-electron chi connectivity index (χ3n) is 4.20. The van der Waals surface area contributed by atoms with Crippen molar-refractivity contribution in [2.24, 2.45) is 0 Å². The van der Waals surface area contributed by atoms with E-state index in [0.717, 1.165) is 6.42 Å². The van der Waals surface area contributed by atoms with Gasteiger partial charge in [-0.2, -0.15) is 0 Å². The van der Waals surface area contributed by atoms with Crippen molar-refractivity contribution in [2.45, 2.75) is 44.4 Å². The number of aromatic nitrogens is 1. The maximum Gasteiger partial charge on any atom is 0.0585 e. The lowest BCUT2D eigenvalue weighted by Crippen LogP contribution is -1.91. The summed E-state index contributed by atoms with van der Waals surface area (Å²) in [5.74, 6) is 0. The molecule has 0 amide bonds. The Bertz CT molecular complexity index is 729. The first-order valence-electron chi connectivity index (χ1n) is 7.94. The summed E-state index contributed by atoms with van der Waals surface area (Å²) < 4.78 is 0. The molecule has 0 radical (unpaired) electrons. The van der Waals surface area contributed by atoms with E-state index in [1.807, 2.05) is 0 Å². The van der Waals surface area contributed by atoms with Crippen LogP contribution in [0.1, 0.15) is 50.0 Å². The van der Waals surface area contributed by atoms with Crippen LogP contribution in [0.5, 0.6) is 0 Å². The molecule has 3 rings (SSSR count). The Labute approximate surface area is 131 Å².